The quantitative estimate of drug-likeness (QED) is 0.805. The van der Waals surface area contributed by atoms with Crippen molar-refractivity contribution in [3.8, 4) is 11.5 Å². The van der Waals surface area contributed by atoms with E-state index in [-0.39, 0.29) is 12.0 Å². The number of ether oxygens (including phenoxy) is 3. The van der Waals surface area contributed by atoms with Crippen molar-refractivity contribution in [1.29, 1.82) is 0 Å². The van der Waals surface area contributed by atoms with Crippen molar-refractivity contribution in [3.63, 3.8) is 0 Å². The van der Waals surface area contributed by atoms with E-state index < -0.39 is 11.0 Å². The average Bonchev–Trinajstić information content (AvgIpc) is 2.61. The van der Waals surface area contributed by atoms with Crippen LogP contribution in [0.3, 0.4) is 0 Å². The van der Waals surface area contributed by atoms with Gasteiger partial charge in [0, 0.05) is 32.0 Å². The van der Waals surface area contributed by atoms with Crippen molar-refractivity contribution in [2.75, 3.05) is 27.9 Å². The Kier molecular flexibility index (Phi) is 5.88. The first kappa shape index (κ1) is 20.5. The van der Waals surface area contributed by atoms with Crippen LogP contribution in [0.4, 0.5) is 0 Å². The molecule has 0 spiro atoms. The predicted molar refractivity (Wildman–Crippen MR) is 101 cm³/mol. The summed E-state index contributed by atoms with van der Waals surface area (Å²) < 4.78 is 16.4. The molecule has 6 nitrogen and oxygen atoms in total. The summed E-state index contributed by atoms with van der Waals surface area (Å²) >= 11 is 0. The summed E-state index contributed by atoms with van der Waals surface area (Å²) in [7, 11) is 5.00. The van der Waals surface area contributed by atoms with Crippen molar-refractivity contribution in [2.24, 2.45) is 11.1 Å². The molecule has 1 aromatic rings. The van der Waals surface area contributed by atoms with E-state index in [1.54, 1.807) is 26.2 Å². The van der Waals surface area contributed by atoms with Gasteiger partial charge in [-0.1, -0.05) is 13.8 Å². The molecule has 1 aliphatic carbocycles. The van der Waals surface area contributed by atoms with Gasteiger partial charge in [0.05, 0.1) is 20.3 Å². The molecule has 1 aromatic carbocycles. The zero-order chi connectivity index (χ0) is 19.7. The summed E-state index contributed by atoms with van der Waals surface area (Å²) in [5.41, 5.74) is 7.25. The highest BCUT2D eigenvalue weighted by atomic mass is 16.5. The Labute approximate surface area is 156 Å². The Hall–Kier alpha value is -1.79. The molecule has 146 valence electrons. The normalized spacial score (nSPS) is 23.9. The van der Waals surface area contributed by atoms with Gasteiger partial charge < -0.3 is 24.8 Å². The third kappa shape index (κ3) is 3.28. The minimum atomic E-state index is -0.911. The van der Waals surface area contributed by atoms with Crippen molar-refractivity contribution in [3.05, 3.63) is 23.3 Å². The first-order chi connectivity index (χ1) is 12.1. The van der Waals surface area contributed by atoms with Crippen molar-refractivity contribution < 1.29 is 19.0 Å². The molecule has 0 radical (unpaired) electrons. The van der Waals surface area contributed by atoms with Gasteiger partial charge in [-0.25, -0.2) is 0 Å². The van der Waals surface area contributed by atoms with E-state index in [2.05, 4.69) is 0 Å². The van der Waals surface area contributed by atoms with E-state index in [0.717, 1.165) is 11.1 Å². The third-order valence-corrected chi connectivity index (χ3v) is 5.81. The van der Waals surface area contributed by atoms with Gasteiger partial charge in [0.2, 0.25) is 5.91 Å². The minimum absolute atomic E-state index is 0.0117. The fourth-order valence-electron chi connectivity index (χ4n) is 3.66. The van der Waals surface area contributed by atoms with Crippen LogP contribution >= 0.6 is 0 Å². The van der Waals surface area contributed by atoms with Crippen LogP contribution in [0, 0.1) is 12.3 Å². The van der Waals surface area contributed by atoms with Crippen molar-refractivity contribution in [2.45, 2.75) is 52.3 Å². The van der Waals surface area contributed by atoms with Crippen LogP contribution < -0.4 is 15.2 Å². The number of nitrogens with zero attached hydrogens (tertiary/aromatic N) is 1. The van der Waals surface area contributed by atoms with Gasteiger partial charge in [-0.3, -0.25) is 4.79 Å². The number of hydrogen-bond donors (Lipinski definition) is 1. The number of carbonyl (C=O) groups excluding carboxylic acids is 1. The SMILES string of the molecule is CCOC1CC(N)(C(=O)N(C)Cc2cc(OC)c(OC)cc2C)C1(C)C. The molecule has 2 N–H and O–H groups in total. The molecular weight excluding hydrogens is 332 g/mol. The molecule has 26 heavy (non-hydrogen) atoms. The number of hydrogen-bond acceptors (Lipinski definition) is 5. The summed E-state index contributed by atoms with van der Waals surface area (Å²) in [5, 5.41) is 0. The Morgan fingerprint density at radius 2 is 1.85 bits per heavy atom. The summed E-state index contributed by atoms with van der Waals surface area (Å²) in [5.74, 6) is 1.27. The predicted octanol–water partition coefficient (Wildman–Crippen LogP) is 2.50. The van der Waals surface area contributed by atoms with E-state index in [1.165, 1.54) is 0 Å². The van der Waals surface area contributed by atoms with Crippen LogP contribution in [0.15, 0.2) is 12.1 Å². The van der Waals surface area contributed by atoms with Crippen LogP contribution in [-0.4, -0.2) is 50.3 Å². The van der Waals surface area contributed by atoms with Gasteiger partial charge in [-0.15, -0.1) is 0 Å². The Morgan fingerprint density at radius 3 is 2.35 bits per heavy atom. The summed E-state index contributed by atoms with van der Waals surface area (Å²) in [6.45, 7) is 9.04. The highest BCUT2D eigenvalue weighted by Gasteiger charge is 2.63. The molecule has 0 aromatic heterocycles. The summed E-state index contributed by atoms with van der Waals surface area (Å²) in [6, 6.07) is 3.83. The van der Waals surface area contributed by atoms with Gasteiger partial charge >= 0.3 is 0 Å². The second-order valence-electron chi connectivity index (χ2n) is 7.64. The Balaban J connectivity index is 2.18. The number of likely N-dealkylation sites (N-methyl/N-ethyl adjacent to an activating group) is 1. The molecule has 0 saturated heterocycles. The van der Waals surface area contributed by atoms with Gasteiger partial charge in [0.25, 0.3) is 0 Å². The lowest BCUT2D eigenvalue weighted by molar-refractivity contribution is -0.178. The molecular formula is C20H32N2O4. The number of carbonyl (C=O) groups is 1. The maximum Gasteiger partial charge on any atom is 0.243 e. The highest BCUT2D eigenvalue weighted by molar-refractivity contribution is 5.88. The molecule has 1 amide bonds. The number of methoxy groups -OCH3 is 2. The van der Waals surface area contributed by atoms with Crippen LogP contribution in [0.25, 0.3) is 0 Å². The molecule has 0 bridgehead atoms. The molecule has 2 rings (SSSR count). The maximum atomic E-state index is 13.1. The topological polar surface area (TPSA) is 74.0 Å². The Morgan fingerprint density at radius 1 is 1.27 bits per heavy atom. The van der Waals surface area contributed by atoms with E-state index >= 15 is 0 Å². The molecule has 1 saturated carbocycles. The average molecular weight is 364 g/mol. The lowest BCUT2D eigenvalue weighted by Gasteiger charge is -2.58. The maximum absolute atomic E-state index is 13.1. The van der Waals surface area contributed by atoms with Crippen LogP contribution in [0.5, 0.6) is 11.5 Å². The molecule has 0 heterocycles. The van der Waals surface area contributed by atoms with Gasteiger partial charge in [-0.2, -0.15) is 0 Å². The van der Waals surface area contributed by atoms with Crippen molar-refractivity contribution in [1.82, 2.24) is 4.90 Å². The van der Waals surface area contributed by atoms with Gasteiger partial charge in [0.1, 0.15) is 5.54 Å². The molecule has 6 heteroatoms. The smallest absolute Gasteiger partial charge is 0.243 e. The lowest BCUT2D eigenvalue weighted by atomic mass is 9.54. The number of aryl methyl sites for hydroxylation is 1. The fourth-order valence-corrected chi connectivity index (χ4v) is 3.66. The molecule has 1 aliphatic rings. The summed E-state index contributed by atoms with van der Waals surface area (Å²) in [6.07, 6.45) is 0.555. The standard InChI is InChI=1S/C20H32N2O4/c1-8-26-17-11-20(21,19(17,3)4)18(23)22(5)12-14-10-16(25-7)15(24-6)9-13(14)2/h9-10,17H,8,11-12,21H2,1-7H3. The summed E-state index contributed by atoms with van der Waals surface area (Å²) in [4.78, 5) is 14.8. The largest absolute Gasteiger partial charge is 0.493 e. The molecule has 1 fully saturated rings. The van der Waals surface area contributed by atoms with Gasteiger partial charge in [0.15, 0.2) is 11.5 Å². The van der Waals surface area contributed by atoms with Crippen LogP contribution in [-0.2, 0) is 16.1 Å². The lowest BCUT2D eigenvalue weighted by Crippen LogP contribution is -2.75. The number of rotatable bonds is 7. The second-order valence-corrected chi connectivity index (χ2v) is 7.64. The van der Waals surface area contributed by atoms with E-state index in [4.69, 9.17) is 19.9 Å². The molecule has 2 atom stereocenters. The third-order valence-electron chi connectivity index (χ3n) is 5.81. The zero-order valence-corrected chi connectivity index (χ0v) is 17.0. The van der Waals surface area contributed by atoms with Crippen LogP contribution in [0.1, 0.15) is 38.3 Å². The van der Waals surface area contributed by atoms with Crippen molar-refractivity contribution >= 4 is 5.91 Å². The van der Waals surface area contributed by atoms with E-state index in [1.807, 2.05) is 39.8 Å². The van der Waals surface area contributed by atoms with Crippen LogP contribution in [0.2, 0.25) is 0 Å². The number of benzene rings is 1. The minimum Gasteiger partial charge on any atom is -0.493 e. The molecule has 2 unspecified atom stereocenters. The van der Waals surface area contributed by atoms with E-state index in [9.17, 15) is 4.79 Å². The Bertz CT molecular complexity index is 674. The second kappa shape index (κ2) is 7.45. The fraction of sp³-hybridized carbons (Fsp3) is 0.650. The number of amides is 1. The first-order valence-electron chi connectivity index (χ1n) is 8.99. The number of nitrogens with two attached hydrogens (primary N) is 1. The van der Waals surface area contributed by atoms with Gasteiger partial charge in [-0.05, 0) is 37.1 Å². The zero-order valence-electron chi connectivity index (χ0n) is 17.0. The first-order valence-corrected chi connectivity index (χ1v) is 8.99. The van der Waals surface area contributed by atoms with E-state index in [0.29, 0.717) is 31.1 Å². The highest BCUT2D eigenvalue weighted by Crippen LogP contribution is 2.50. The molecule has 0 aliphatic heterocycles. The monoisotopic (exact) mass is 364 g/mol.